The summed E-state index contributed by atoms with van der Waals surface area (Å²) >= 11 is 1.68. The van der Waals surface area contributed by atoms with E-state index in [-0.39, 0.29) is 5.82 Å². The van der Waals surface area contributed by atoms with Gasteiger partial charge in [0.25, 0.3) is 0 Å². The summed E-state index contributed by atoms with van der Waals surface area (Å²) in [6, 6.07) is 12.4. The molecule has 1 N–H and O–H groups in total. The summed E-state index contributed by atoms with van der Waals surface area (Å²) in [4.78, 5) is 1.18. The molecule has 0 fully saturated rings. The minimum absolute atomic E-state index is 0.254. The van der Waals surface area contributed by atoms with Crippen molar-refractivity contribution in [2.75, 3.05) is 13.3 Å². The predicted octanol–water partition coefficient (Wildman–Crippen LogP) is 4.06. The lowest BCUT2D eigenvalue weighted by atomic mass is 10.2. The lowest BCUT2D eigenvalue weighted by Crippen LogP contribution is -2.06. The summed E-state index contributed by atoms with van der Waals surface area (Å²) in [7, 11) is 1.82. The summed E-state index contributed by atoms with van der Waals surface area (Å²) in [6.45, 7) is 0.565. The average molecular weight is 277 g/mol. The van der Waals surface area contributed by atoms with Gasteiger partial charge in [-0.2, -0.15) is 0 Å². The summed E-state index contributed by atoms with van der Waals surface area (Å²) < 4.78 is 19.0. The van der Waals surface area contributed by atoms with Crippen molar-refractivity contribution < 1.29 is 9.13 Å². The molecule has 0 spiro atoms. The van der Waals surface area contributed by atoms with Crippen LogP contribution in [0.2, 0.25) is 0 Å². The van der Waals surface area contributed by atoms with Gasteiger partial charge < -0.3 is 10.1 Å². The Bertz CT molecular complexity index is 542. The molecule has 0 unspecified atom stereocenters. The van der Waals surface area contributed by atoms with Crippen molar-refractivity contribution in [1.29, 1.82) is 0 Å². The number of halogens is 1. The first-order chi connectivity index (χ1) is 9.22. The van der Waals surface area contributed by atoms with Crippen LogP contribution in [0, 0.1) is 5.82 Å². The summed E-state index contributed by atoms with van der Waals surface area (Å²) in [5.74, 6) is 1.17. The predicted molar refractivity (Wildman–Crippen MR) is 77.5 cm³/mol. The molecule has 0 saturated carbocycles. The molecule has 0 aliphatic heterocycles. The molecule has 19 heavy (non-hydrogen) atoms. The van der Waals surface area contributed by atoms with E-state index in [2.05, 4.69) is 5.32 Å². The molecule has 0 bridgehead atoms. The van der Waals surface area contributed by atoms with Gasteiger partial charge in [-0.1, -0.05) is 0 Å². The number of thioether (sulfide) groups is 1. The second-order valence-corrected chi connectivity index (χ2v) is 4.94. The van der Waals surface area contributed by atoms with Crippen molar-refractivity contribution in [3.8, 4) is 11.5 Å². The Labute approximate surface area is 117 Å². The number of benzene rings is 2. The van der Waals surface area contributed by atoms with Gasteiger partial charge in [-0.05, 0) is 55.8 Å². The van der Waals surface area contributed by atoms with E-state index in [4.69, 9.17) is 4.74 Å². The van der Waals surface area contributed by atoms with Crippen LogP contribution in [0.1, 0.15) is 5.56 Å². The van der Waals surface area contributed by atoms with Crippen LogP contribution in [0.15, 0.2) is 47.4 Å². The average Bonchev–Trinajstić information content (AvgIpc) is 2.43. The Morgan fingerprint density at radius 1 is 1.16 bits per heavy atom. The number of rotatable bonds is 5. The third kappa shape index (κ3) is 3.72. The van der Waals surface area contributed by atoms with Gasteiger partial charge in [0.1, 0.15) is 17.3 Å². The zero-order valence-corrected chi connectivity index (χ0v) is 11.8. The monoisotopic (exact) mass is 277 g/mol. The SMILES string of the molecule is CNCc1cc(F)ccc1Oc1ccc(SC)cc1. The van der Waals surface area contributed by atoms with E-state index < -0.39 is 0 Å². The number of hydrogen-bond acceptors (Lipinski definition) is 3. The first-order valence-electron chi connectivity index (χ1n) is 5.98. The first kappa shape index (κ1) is 13.9. The van der Waals surface area contributed by atoms with E-state index >= 15 is 0 Å². The Balaban J connectivity index is 2.21. The van der Waals surface area contributed by atoms with Gasteiger partial charge in [0, 0.05) is 17.0 Å². The zero-order chi connectivity index (χ0) is 13.7. The topological polar surface area (TPSA) is 21.3 Å². The highest BCUT2D eigenvalue weighted by Gasteiger charge is 2.06. The highest BCUT2D eigenvalue weighted by Crippen LogP contribution is 2.27. The van der Waals surface area contributed by atoms with Crippen molar-refractivity contribution in [2.45, 2.75) is 11.4 Å². The molecule has 0 aromatic heterocycles. The molecule has 2 nitrogen and oxygen atoms in total. The molecule has 100 valence electrons. The van der Waals surface area contributed by atoms with Gasteiger partial charge in [-0.15, -0.1) is 11.8 Å². The van der Waals surface area contributed by atoms with E-state index in [9.17, 15) is 4.39 Å². The molecule has 4 heteroatoms. The molecular formula is C15H16FNOS. The maximum absolute atomic E-state index is 13.2. The highest BCUT2D eigenvalue weighted by molar-refractivity contribution is 7.98. The minimum Gasteiger partial charge on any atom is -0.457 e. The molecule has 0 saturated heterocycles. The lowest BCUT2D eigenvalue weighted by molar-refractivity contribution is 0.471. The second-order valence-electron chi connectivity index (χ2n) is 4.06. The standard InChI is InChI=1S/C15H16FNOS/c1-17-10-11-9-12(16)3-8-15(11)18-13-4-6-14(19-2)7-5-13/h3-9,17H,10H2,1-2H3. The maximum Gasteiger partial charge on any atom is 0.132 e. The summed E-state index contributed by atoms with van der Waals surface area (Å²) in [5.41, 5.74) is 0.802. The second kappa shape index (κ2) is 6.59. The van der Waals surface area contributed by atoms with Crippen molar-refractivity contribution in [3.63, 3.8) is 0 Å². The smallest absolute Gasteiger partial charge is 0.132 e. The molecule has 0 amide bonds. The largest absolute Gasteiger partial charge is 0.457 e. The number of hydrogen-bond donors (Lipinski definition) is 1. The highest BCUT2D eigenvalue weighted by atomic mass is 32.2. The van der Waals surface area contributed by atoms with Crippen molar-refractivity contribution in [3.05, 3.63) is 53.8 Å². The quantitative estimate of drug-likeness (QED) is 0.833. The minimum atomic E-state index is -0.254. The molecule has 0 radical (unpaired) electrons. The van der Waals surface area contributed by atoms with Crippen LogP contribution in [0.5, 0.6) is 11.5 Å². The molecular weight excluding hydrogens is 261 g/mol. The lowest BCUT2D eigenvalue weighted by Gasteiger charge is -2.11. The van der Waals surface area contributed by atoms with E-state index in [1.807, 2.05) is 37.6 Å². The zero-order valence-electron chi connectivity index (χ0n) is 10.9. The third-order valence-corrected chi connectivity index (χ3v) is 3.42. The van der Waals surface area contributed by atoms with E-state index in [1.54, 1.807) is 17.8 Å². The van der Waals surface area contributed by atoms with Crippen LogP contribution in [-0.2, 0) is 6.54 Å². The molecule has 0 heterocycles. The van der Waals surface area contributed by atoms with Crippen molar-refractivity contribution in [1.82, 2.24) is 5.32 Å². The fourth-order valence-electron chi connectivity index (χ4n) is 1.75. The van der Waals surface area contributed by atoms with Gasteiger partial charge >= 0.3 is 0 Å². The van der Waals surface area contributed by atoms with Gasteiger partial charge in [-0.25, -0.2) is 4.39 Å². The number of nitrogens with one attached hydrogen (secondary N) is 1. The van der Waals surface area contributed by atoms with Gasteiger partial charge in [0.05, 0.1) is 0 Å². The van der Waals surface area contributed by atoms with E-state index in [0.29, 0.717) is 12.3 Å². The number of ether oxygens (including phenoxy) is 1. The van der Waals surface area contributed by atoms with Gasteiger partial charge in [0.2, 0.25) is 0 Å². The van der Waals surface area contributed by atoms with Crippen LogP contribution >= 0.6 is 11.8 Å². The van der Waals surface area contributed by atoms with Crippen molar-refractivity contribution >= 4 is 11.8 Å². The Hall–Kier alpha value is -1.52. The van der Waals surface area contributed by atoms with Crippen LogP contribution in [0.3, 0.4) is 0 Å². The van der Waals surface area contributed by atoms with Crippen LogP contribution < -0.4 is 10.1 Å². The van der Waals surface area contributed by atoms with E-state index in [0.717, 1.165) is 11.3 Å². The maximum atomic E-state index is 13.2. The van der Waals surface area contributed by atoms with Crippen LogP contribution in [0.4, 0.5) is 4.39 Å². The molecule has 0 atom stereocenters. The first-order valence-corrected chi connectivity index (χ1v) is 7.20. The Morgan fingerprint density at radius 2 is 1.89 bits per heavy atom. The van der Waals surface area contributed by atoms with E-state index in [1.165, 1.54) is 17.0 Å². The summed E-state index contributed by atoms with van der Waals surface area (Å²) in [5, 5.41) is 3.01. The normalized spacial score (nSPS) is 10.5. The fourth-order valence-corrected chi connectivity index (χ4v) is 2.16. The molecule has 2 aromatic carbocycles. The Morgan fingerprint density at radius 3 is 2.53 bits per heavy atom. The van der Waals surface area contributed by atoms with Gasteiger partial charge in [-0.3, -0.25) is 0 Å². The third-order valence-electron chi connectivity index (χ3n) is 2.68. The van der Waals surface area contributed by atoms with Crippen LogP contribution in [-0.4, -0.2) is 13.3 Å². The molecule has 0 aliphatic carbocycles. The van der Waals surface area contributed by atoms with Crippen molar-refractivity contribution in [2.24, 2.45) is 0 Å². The van der Waals surface area contributed by atoms with Gasteiger partial charge in [0.15, 0.2) is 0 Å². The summed E-state index contributed by atoms with van der Waals surface area (Å²) in [6.07, 6.45) is 2.03. The molecule has 2 aromatic rings. The fraction of sp³-hybridized carbons (Fsp3) is 0.200. The Kier molecular flexibility index (Phi) is 4.82. The molecule has 0 aliphatic rings. The van der Waals surface area contributed by atoms with Crippen LogP contribution in [0.25, 0.3) is 0 Å². The molecule has 2 rings (SSSR count).